The highest BCUT2D eigenvalue weighted by molar-refractivity contribution is 6.09. The second-order valence-corrected chi connectivity index (χ2v) is 16.0. The Morgan fingerprint density at radius 2 is 0.762 bits per heavy atom. The van der Waals surface area contributed by atoms with E-state index in [0.717, 1.165) is 72.0 Å². The highest BCUT2D eigenvalue weighted by Crippen LogP contribution is 2.41. The number of para-hydroxylation sites is 2. The molecule has 12 aromatic rings. The first-order valence-corrected chi connectivity index (χ1v) is 21.2. The van der Waals surface area contributed by atoms with E-state index in [4.69, 9.17) is 19.4 Å². The van der Waals surface area contributed by atoms with Crippen LogP contribution in [0.1, 0.15) is 0 Å². The summed E-state index contributed by atoms with van der Waals surface area (Å²) >= 11 is 0. The molecule has 0 saturated carbocycles. The molecule has 2 heterocycles. The minimum atomic E-state index is 0.543. The second kappa shape index (κ2) is 15.2. The van der Waals surface area contributed by atoms with Crippen LogP contribution in [0.4, 0.5) is 0 Å². The number of hydrogen-bond acceptors (Lipinski definition) is 4. The van der Waals surface area contributed by atoms with Gasteiger partial charge >= 0.3 is 0 Å². The van der Waals surface area contributed by atoms with Crippen molar-refractivity contribution in [3.05, 3.63) is 224 Å². The van der Waals surface area contributed by atoms with Gasteiger partial charge in [-0.25, -0.2) is 15.0 Å². The van der Waals surface area contributed by atoms with Crippen LogP contribution in [0.5, 0.6) is 0 Å². The lowest BCUT2D eigenvalue weighted by molar-refractivity contribution is 0.669. The van der Waals surface area contributed by atoms with Gasteiger partial charge in [-0.15, -0.1) is 0 Å². The quantitative estimate of drug-likeness (QED) is 0.161. The Morgan fingerprint density at radius 1 is 0.270 bits per heavy atom. The second-order valence-electron chi connectivity index (χ2n) is 16.0. The molecule has 294 valence electrons. The summed E-state index contributed by atoms with van der Waals surface area (Å²) in [6.45, 7) is 0. The fourth-order valence-electron chi connectivity index (χ4n) is 8.99. The molecule has 0 aliphatic carbocycles. The van der Waals surface area contributed by atoms with Gasteiger partial charge < -0.3 is 4.42 Å². The Hall–Kier alpha value is -8.47. The smallest absolute Gasteiger partial charge is 0.167 e. The first kappa shape index (κ1) is 36.4. The van der Waals surface area contributed by atoms with E-state index in [2.05, 4.69) is 188 Å². The van der Waals surface area contributed by atoms with Gasteiger partial charge in [-0.1, -0.05) is 188 Å². The third-order valence-electron chi connectivity index (χ3n) is 12.1. The van der Waals surface area contributed by atoms with Crippen LogP contribution in [-0.2, 0) is 0 Å². The van der Waals surface area contributed by atoms with E-state index in [9.17, 15) is 0 Å². The van der Waals surface area contributed by atoms with E-state index >= 15 is 0 Å². The summed E-state index contributed by atoms with van der Waals surface area (Å²) in [5, 5.41) is 6.92. The van der Waals surface area contributed by atoms with E-state index in [-0.39, 0.29) is 0 Å². The molecule has 4 nitrogen and oxygen atoms in total. The molecule has 10 aromatic carbocycles. The SMILES string of the molecule is c1ccc(-c2cccc(-c3nc(-c4cccc(-c5ccc6ccc(-c7ccc8ccccc8c7)cc6c5)c4)nc(-c4cccc5c4oc4ccccc45)n3)c2-c2ccccc2)cc1. The monoisotopic (exact) mass is 803 g/mol. The standard InChI is InChI=1S/C59H37N3O/c1-3-15-40(16-4-1)49-23-12-25-52(55(49)41-17-5-2-6-18-41)58-60-57(61-59(62-58)53-26-13-24-51-50-22-9-10-27-54(50)63-56(51)53)47-21-11-20-43(35-47)45-32-29-39-30-33-46(37-48(39)36-45)44-31-28-38-14-7-8-19-42(38)34-44/h1-37H. The van der Waals surface area contributed by atoms with Crippen LogP contribution in [-0.4, -0.2) is 15.0 Å². The number of fused-ring (bicyclic) bond motifs is 5. The maximum absolute atomic E-state index is 6.57. The van der Waals surface area contributed by atoms with Gasteiger partial charge in [0.15, 0.2) is 17.5 Å². The van der Waals surface area contributed by atoms with Crippen molar-refractivity contribution in [3.63, 3.8) is 0 Å². The average molecular weight is 804 g/mol. The van der Waals surface area contributed by atoms with Crippen molar-refractivity contribution in [2.45, 2.75) is 0 Å². The minimum Gasteiger partial charge on any atom is -0.455 e. The highest BCUT2D eigenvalue weighted by atomic mass is 16.3. The molecule has 0 N–H and O–H groups in total. The van der Waals surface area contributed by atoms with Crippen molar-refractivity contribution in [2.24, 2.45) is 0 Å². The maximum atomic E-state index is 6.57. The predicted molar refractivity (Wildman–Crippen MR) is 260 cm³/mol. The van der Waals surface area contributed by atoms with Crippen LogP contribution in [0.2, 0.25) is 0 Å². The van der Waals surface area contributed by atoms with Gasteiger partial charge in [-0.05, 0) is 96.9 Å². The fraction of sp³-hybridized carbons (Fsp3) is 0. The first-order valence-electron chi connectivity index (χ1n) is 21.2. The number of hydrogen-bond donors (Lipinski definition) is 0. The molecular weight excluding hydrogens is 767 g/mol. The van der Waals surface area contributed by atoms with Crippen LogP contribution in [0.3, 0.4) is 0 Å². The first-order chi connectivity index (χ1) is 31.2. The molecule has 0 unspecified atom stereocenters. The summed E-state index contributed by atoms with van der Waals surface area (Å²) in [6.07, 6.45) is 0. The van der Waals surface area contributed by atoms with Crippen molar-refractivity contribution >= 4 is 43.5 Å². The molecule has 0 saturated heterocycles. The normalized spacial score (nSPS) is 11.5. The lowest BCUT2D eigenvalue weighted by Crippen LogP contribution is -2.02. The summed E-state index contributed by atoms with van der Waals surface area (Å²) in [4.78, 5) is 15.9. The van der Waals surface area contributed by atoms with Gasteiger partial charge in [-0.3, -0.25) is 0 Å². The third-order valence-corrected chi connectivity index (χ3v) is 12.1. The number of nitrogens with zero attached hydrogens (tertiary/aromatic N) is 3. The number of benzene rings is 10. The van der Waals surface area contributed by atoms with Gasteiger partial charge in [0.2, 0.25) is 0 Å². The van der Waals surface area contributed by atoms with Gasteiger partial charge in [0.05, 0.1) is 5.56 Å². The maximum Gasteiger partial charge on any atom is 0.167 e. The van der Waals surface area contributed by atoms with E-state index in [0.29, 0.717) is 17.5 Å². The Bertz CT molecular complexity index is 3690. The van der Waals surface area contributed by atoms with Crippen LogP contribution >= 0.6 is 0 Å². The van der Waals surface area contributed by atoms with Crippen molar-refractivity contribution in [1.29, 1.82) is 0 Å². The number of aromatic nitrogens is 3. The van der Waals surface area contributed by atoms with Crippen molar-refractivity contribution in [1.82, 2.24) is 15.0 Å². The van der Waals surface area contributed by atoms with E-state index in [1.807, 2.05) is 36.4 Å². The van der Waals surface area contributed by atoms with Crippen LogP contribution in [0, 0.1) is 0 Å². The molecule has 0 fully saturated rings. The van der Waals surface area contributed by atoms with Crippen molar-refractivity contribution in [2.75, 3.05) is 0 Å². The molecule has 0 radical (unpaired) electrons. The summed E-state index contributed by atoms with van der Waals surface area (Å²) in [7, 11) is 0. The molecule has 0 aliphatic rings. The molecule has 0 amide bonds. The molecule has 12 rings (SSSR count). The minimum absolute atomic E-state index is 0.543. The largest absolute Gasteiger partial charge is 0.455 e. The molecule has 2 aromatic heterocycles. The zero-order chi connectivity index (χ0) is 41.7. The van der Waals surface area contributed by atoms with Crippen molar-refractivity contribution < 1.29 is 4.42 Å². The van der Waals surface area contributed by atoms with Crippen LogP contribution < -0.4 is 0 Å². The van der Waals surface area contributed by atoms with Gasteiger partial charge in [0.1, 0.15) is 11.2 Å². The zero-order valence-corrected chi connectivity index (χ0v) is 34.1. The number of furan rings is 1. The molecule has 0 bridgehead atoms. The molecule has 63 heavy (non-hydrogen) atoms. The van der Waals surface area contributed by atoms with E-state index < -0.39 is 0 Å². The molecule has 4 heteroatoms. The Labute approximate surface area is 364 Å². The van der Waals surface area contributed by atoms with Crippen LogP contribution in [0.15, 0.2) is 229 Å². The summed E-state index contributed by atoms with van der Waals surface area (Å²) in [6, 6.07) is 78.9. The third kappa shape index (κ3) is 6.62. The zero-order valence-electron chi connectivity index (χ0n) is 34.1. The molecule has 0 atom stereocenters. The van der Waals surface area contributed by atoms with Gasteiger partial charge in [0.25, 0.3) is 0 Å². The average Bonchev–Trinajstić information content (AvgIpc) is 3.75. The summed E-state index contributed by atoms with van der Waals surface area (Å²) < 4.78 is 6.57. The van der Waals surface area contributed by atoms with E-state index in [1.54, 1.807) is 0 Å². The predicted octanol–water partition coefficient (Wildman–Crippen LogP) is 15.7. The Morgan fingerprint density at radius 3 is 1.52 bits per heavy atom. The fourth-order valence-corrected chi connectivity index (χ4v) is 8.99. The topological polar surface area (TPSA) is 51.8 Å². The Balaban J connectivity index is 1.03. The summed E-state index contributed by atoms with van der Waals surface area (Å²) in [5.74, 6) is 1.70. The van der Waals surface area contributed by atoms with E-state index in [1.165, 1.54) is 32.7 Å². The molecule has 0 aliphatic heterocycles. The van der Waals surface area contributed by atoms with Gasteiger partial charge in [0, 0.05) is 27.5 Å². The van der Waals surface area contributed by atoms with Gasteiger partial charge in [-0.2, -0.15) is 0 Å². The highest BCUT2D eigenvalue weighted by Gasteiger charge is 2.21. The van der Waals surface area contributed by atoms with Crippen LogP contribution in [0.25, 0.3) is 122 Å². The molecular formula is C59H37N3O. The summed E-state index contributed by atoms with van der Waals surface area (Å²) in [5.41, 5.74) is 13.1. The molecule has 0 spiro atoms. The Kier molecular flexibility index (Phi) is 8.79. The lowest BCUT2D eigenvalue weighted by Gasteiger charge is -2.16. The number of rotatable bonds is 7. The lowest BCUT2D eigenvalue weighted by atomic mass is 9.90. The van der Waals surface area contributed by atoms with Crippen molar-refractivity contribution in [3.8, 4) is 78.7 Å².